The highest BCUT2D eigenvalue weighted by atomic mass is 32.2. The van der Waals surface area contributed by atoms with Gasteiger partial charge >= 0.3 is 0 Å². The molecule has 33 heavy (non-hydrogen) atoms. The van der Waals surface area contributed by atoms with Crippen LogP contribution in [0.2, 0.25) is 0 Å². The second-order valence-corrected chi connectivity index (χ2v) is 11.2. The number of nitrogens with zero attached hydrogens (tertiary/aromatic N) is 2. The van der Waals surface area contributed by atoms with Crippen molar-refractivity contribution in [1.29, 1.82) is 0 Å². The lowest BCUT2D eigenvalue weighted by atomic mass is 10.1. The zero-order valence-electron chi connectivity index (χ0n) is 19.4. The second kappa shape index (κ2) is 9.58. The smallest absolute Gasteiger partial charge is 0.262 e. The number of benzene rings is 3. The maximum atomic E-state index is 13.4. The highest BCUT2D eigenvalue weighted by Crippen LogP contribution is 2.34. The molecule has 0 radical (unpaired) electrons. The summed E-state index contributed by atoms with van der Waals surface area (Å²) >= 11 is 0. The summed E-state index contributed by atoms with van der Waals surface area (Å²) < 4.78 is 61.9. The molecule has 0 unspecified atom stereocenters. The van der Waals surface area contributed by atoms with Gasteiger partial charge in [0.15, 0.2) is 0 Å². The summed E-state index contributed by atoms with van der Waals surface area (Å²) in [6, 6.07) is 14.7. The molecule has 178 valence electrons. The minimum Gasteiger partial charge on any atom is -0.495 e. The Hall–Kier alpha value is -2.82. The van der Waals surface area contributed by atoms with Crippen molar-refractivity contribution in [2.45, 2.75) is 23.6 Å². The van der Waals surface area contributed by atoms with Gasteiger partial charge in [0, 0.05) is 43.6 Å². The van der Waals surface area contributed by atoms with E-state index in [2.05, 4.69) is 4.72 Å². The van der Waals surface area contributed by atoms with Crippen LogP contribution >= 0.6 is 0 Å². The average Bonchev–Trinajstić information content (AvgIpc) is 2.78. The summed E-state index contributed by atoms with van der Waals surface area (Å²) in [6.45, 7) is 4.10. The Morgan fingerprint density at radius 3 is 2.12 bits per heavy atom. The number of hydrogen-bond acceptors (Lipinski definition) is 6. The van der Waals surface area contributed by atoms with E-state index in [1.807, 2.05) is 31.1 Å². The summed E-state index contributed by atoms with van der Waals surface area (Å²) in [7, 11) is -2.67. The first-order valence-corrected chi connectivity index (χ1v) is 13.4. The van der Waals surface area contributed by atoms with Crippen LogP contribution in [-0.2, 0) is 20.0 Å². The molecule has 1 N–H and O–H groups in total. The van der Waals surface area contributed by atoms with Gasteiger partial charge in [-0.25, -0.2) is 16.8 Å². The molecule has 0 aromatic heterocycles. The topological polar surface area (TPSA) is 96.0 Å². The van der Waals surface area contributed by atoms with Crippen LogP contribution in [0.5, 0.6) is 5.75 Å². The van der Waals surface area contributed by atoms with Crippen molar-refractivity contribution >= 4 is 42.2 Å². The van der Waals surface area contributed by atoms with Crippen LogP contribution in [-0.4, -0.2) is 55.4 Å². The molecule has 0 aliphatic carbocycles. The molecular formula is C23H29N3O5S2. The van der Waals surface area contributed by atoms with Crippen LogP contribution in [0.25, 0.3) is 10.8 Å². The molecule has 0 fully saturated rings. The normalized spacial score (nSPS) is 12.2. The van der Waals surface area contributed by atoms with Crippen LogP contribution in [0.1, 0.15) is 13.8 Å². The molecule has 0 saturated heterocycles. The number of hydrogen-bond donors (Lipinski definition) is 1. The van der Waals surface area contributed by atoms with E-state index in [9.17, 15) is 16.8 Å². The van der Waals surface area contributed by atoms with Crippen molar-refractivity contribution in [3.63, 3.8) is 0 Å². The average molecular weight is 492 g/mol. The number of fused-ring (bicyclic) bond motifs is 1. The van der Waals surface area contributed by atoms with Crippen molar-refractivity contribution in [3.05, 3.63) is 54.6 Å². The van der Waals surface area contributed by atoms with Crippen LogP contribution in [0, 0.1) is 0 Å². The first kappa shape index (κ1) is 24.8. The summed E-state index contributed by atoms with van der Waals surface area (Å²) in [6.07, 6.45) is 0. The van der Waals surface area contributed by atoms with E-state index in [1.165, 1.54) is 35.7 Å². The van der Waals surface area contributed by atoms with Crippen LogP contribution < -0.4 is 14.4 Å². The third-order valence-electron chi connectivity index (χ3n) is 5.39. The van der Waals surface area contributed by atoms with E-state index in [1.54, 1.807) is 32.0 Å². The predicted octanol–water partition coefficient (Wildman–Crippen LogP) is 3.75. The molecule has 0 bridgehead atoms. The zero-order valence-corrected chi connectivity index (χ0v) is 21.0. The van der Waals surface area contributed by atoms with Gasteiger partial charge in [0.2, 0.25) is 10.0 Å². The number of sulfonamides is 2. The second-order valence-electron chi connectivity index (χ2n) is 7.58. The largest absolute Gasteiger partial charge is 0.495 e. The third-order valence-corrected chi connectivity index (χ3v) is 8.86. The van der Waals surface area contributed by atoms with Gasteiger partial charge in [-0.15, -0.1) is 0 Å². The molecule has 3 aromatic carbocycles. The molecule has 0 amide bonds. The Labute approximate surface area is 195 Å². The van der Waals surface area contributed by atoms with Gasteiger partial charge in [-0.2, -0.15) is 4.31 Å². The molecular weight excluding hydrogens is 462 g/mol. The van der Waals surface area contributed by atoms with Crippen LogP contribution in [0.3, 0.4) is 0 Å². The summed E-state index contributed by atoms with van der Waals surface area (Å²) in [5.74, 6) is 0.214. The molecule has 3 rings (SSSR count). The molecule has 0 spiro atoms. The lowest BCUT2D eigenvalue weighted by Gasteiger charge is -2.20. The van der Waals surface area contributed by atoms with Gasteiger partial charge in [0.05, 0.1) is 22.6 Å². The molecule has 0 atom stereocenters. The van der Waals surface area contributed by atoms with Crippen molar-refractivity contribution in [3.8, 4) is 5.75 Å². The van der Waals surface area contributed by atoms with Gasteiger partial charge < -0.3 is 9.64 Å². The molecule has 0 aliphatic heterocycles. The Kier molecular flexibility index (Phi) is 7.20. The zero-order chi connectivity index (χ0) is 24.4. The fraction of sp³-hybridized carbons (Fsp3) is 0.304. The van der Waals surface area contributed by atoms with Crippen molar-refractivity contribution in [1.82, 2.24) is 4.31 Å². The standard InChI is InChI=1S/C23H29N3O5S2/c1-6-26(7-2)33(29,30)17-14-15-22(31-5)20(16-17)24-32(27,28)23-13-9-10-18-19(23)11-8-12-21(18)25(3)4/h8-16,24H,6-7H2,1-5H3. The van der Waals surface area contributed by atoms with E-state index in [0.717, 1.165) is 11.1 Å². The molecule has 0 saturated carbocycles. The highest BCUT2D eigenvalue weighted by Gasteiger charge is 2.25. The van der Waals surface area contributed by atoms with Gasteiger partial charge in [-0.1, -0.05) is 38.1 Å². The minimum atomic E-state index is -4.07. The van der Waals surface area contributed by atoms with E-state index < -0.39 is 20.0 Å². The van der Waals surface area contributed by atoms with Crippen molar-refractivity contribution in [2.24, 2.45) is 0 Å². The van der Waals surface area contributed by atoms with Crippen LogP contribution in [0.15, 0.2) is 64.4 Å². The Morgan fingerprint density at radius 1 is 0.879 bits per heavy atom. The van der Waals surface area contributed by atoms with E-state index in [4.69, 9.17) is 4.74 Å². The van der Waals surface area contributed by atoms with E-state index >= 15 is 0 Å². The summed E-state index contributed by atoms with van der Waals surface area (Å²) in [5.41, 5.74) is 0.931. The lowest BCUT2D eigenvalue weighted by molar-refractivity contribution is 0.416. The number of nitrogens with one attached hydrogen (secondary N) is 1. The highest BCUT2D eigenvalue weighted by molar-refractivity contribution is 7.93. The molecule has 0 aliphatic rings. The van der Waals surface area contributed by atoms with Crippen molar-refractivity contribution < 1.29 is 21.6 Å². The monoisotopic (exact) mass is 491 g/mol. The number of anilines is 2. The summed E-state index contributed by atoms with van der Waals surface area (Å²) in [4.78, 5) is 1.98. The first-order valence-electron chi connectivity index (χ1n) is 10.5. The molecule has 8 nitrogen and oxygen atoms in total. The molecule has 0 heterocycles. The maximum absolute atomic E-state index is 13.4. The Morgan fingerprint density at radius 2 is 1.52 bits per heavy atom. The lowest BCUT2D eigenvalue weighted by Crippen LogP contribution is -2.30. The number of rotatable bonds is 9. The van der Waals surface area contributed by atoms with Gasteiger partial charge in [0.1, 0.15) is 5.75 Å². The SMILES string of the molecule is CCN(CC)S(=O)(=O)c1ccc(OC)c(NS(=O)(=O)c2cccc3c(N(C)C)cccc23)c1. The fourth-order valence-corrected chi connectivity index (χ4v) is 6.50. The summed E-state index contributed by atoms with van der Waals surface area (Å²) in [5, 5.41) is 1.34. The predicted molar refractivity (Wildman–Crippen MR) is 132 cm³/mol. The van der Waals surface area contributed by atoms with Gasteiger partial charge in [-0.05, 0) is 30.3 Å². The fourth-order valence-electron chi connectivity index (χ4n) is 3.73. The third kappa shape index (κ3) is 4.78. The van der Waals surface area contributed by atoms with E-state index in [-0.39, 0.29) is 21.2 Å². The minimum absolute atomic E-state index is 0.0162. The first-order chi connectivity index (χ1) is 15.6. The number of methoxy groups -OCH3 is 1. The Balaban J connectivity index is 2.12. The number of ether oxygens (including phenoxy) is 1. The van der Waals surface area contributed by atoms with Crippen LogP contribution in [0.4, 0.5) is 11.4 Å². The molecule has 10 heteroatoms. The molecule has 3 aromatic rings. The van der Waals surface area contributed by atoms with Gasteiger partial charge in [0.25, 0.3) is 10.0 Å². The maximum Gasteiger partial charge on any atom is 0.262 e. The quantitative estimate of drug-likeness (QED) is 0.490. The van der Waals surface area contributed by atoms with Crippen molar-refractivity contribution in [2.75, 3.05) is 43.9 Å². The van der Waals surface area contributed by atoms with E-state index in [0.29, 0.717) is 18.5 Å². The van der Waals surface area contributed by atoms with Gasteiger partial charge in [-0.3, -0.25) is 4.72 Å². The Bertz CT molecular complexity index is 1370.